The van der Waals surface area contributed by atoms with Crippen LogP contribution >= 0.6 is 23.2 Å². The Hall–Kier alpha value is -3.06. The molecule has 1 heterocycles. The van der Waals surface area contributed by atoms with E-state index in [0.29, 0.717) is 22.2 Å². The van der Waals surface area contributed by atoms with E-state index in [0.717, 1.165) is 28.0 Å². The van der Waals surface area contributed by atoms with Crippen molar-refractivity contribution in [1.82, 2.24) is 9.55 Å². The zero-order valence-corrected chi connectivity index (χ0v) is 16.3. The molecule has 0 N–H and O–H groups in total. The van der Waals surface area contributed by atoms with E-state index in [1.807, 2.05) is 60.7 Å². The minimum atomic E-state index is 0.540. The zero-order valence-electron chi connectivity index (χ0n) is 14.8. The Bertz CT molecular complexity index is 1220. The largest absolute Gasteiger partial charge is 0.320 e. The fraction of sp³-hybridized carbons (Fsp3) is 0.0435. The maximum Gasteiger partial charge on any atom is 0.134 e. The predicted molar refractivity (Wildman–Crippen MR) is 115 cm³/mol. The molecule has 0 bridgehead atoms. The summed E-state index contributed by atoms with van der Waals surface area (Å²) in [4.78, 5) is 4.76. The fourth-order valence-corrected chi connectivity index (χ4v) is 3.37. The summed E-state index contributed by atoms with van der Waals surface area (Å²) >= 11 is 12.2. The van der Waals surface area contributed by atoms with E-state index < -0.39 is 0 Å². The van der Waals surface area contributed by atoms with Crippen molar-refractivity contribution < 1.29 is 0 Å². The van der Waals surface area contributed by atoms with Gasteiger partial charge in [-0.3, -0.25) is 0 Å². The zero-order chi connectivity index (χ0) is 19.5. The summed E-state index contributed by atoms with van der Waals surface area (Å²) in [6.45, 7) is 0.629. The standard InChI is InChI=1S/C23H15Cl2N3/c24-19-11-9-18(13-20(19)25)15-28-22-4-2-1-3-21(22)27-23(28)12-10-16-5-7-17(14-26)8-6-16/h1-13H,15H2/b12-10+. The number of hydrogen-bond acceptors (Lipinski definition) is 2. The van der Waals surface area contributed by atoms with Gasteiger partial charge in [0.2, 0.25) is 0 Å². The monoisotopic (exact) mass is 403 g/mol. The van der Waals surface area contributed by atoms with Gasteiger partial charge in [0.05, 0.1) is 32.7 Å². The topological polar surface area (TPSA) is 41.6 Å². The van der Waals surface area contributed by atoms with E-state index in [4.69, 9.17) is 33.4 Å². The van der Waals surface area contributed by atoms with E-state index in [1.54, 1.807) is 12.1 Å². The van der Waals surface area contributed by atoms with Crippen molar-refractivity contribution in [3.8, 4) is 6.07 Å². The molecule has 0 radical (unpaired) electrons. The van der Waals surface area contributed by atoms with Gasteiger partial charge >= 0.3 is 0 Å². The first-order chi connectivity index (χ1) is 13.6. The van der Waals surface area contributed by atoms with Crippen LogP contribution in [0.1, 0.15) is 22.5 Å². The van der Waals surface area contributed by atoms with Gasteiger partial charge in [-0.05, 0) is 53.6 Å². The second kappa shape index (κ2) is 7.90. The highest BCUT2D eigenvalue weighted by Gasteiger charge is 2.10. The van der Waals surface area contributed by atoms with Crippen molar-refractivity contribution in [2.24, 2.45) is 0 Å². The summed E-state index contributed by atoms with van der Waals surface area (Å²) in [5, 5.41) is 10.0. The molecule has 4 rings (SSSR count). The van der Waals surface area contributed by atoms with E-state index >= 15 is 0 Å². The Morgan fingerprint density at radius 1 is 0.929 bits per heavy atom. The van der Waals surface area contributed by atoms with Crippen molar-refractivity contribution >= 4 is 46.4 Å². The molecule has 0 unspecified atom stereocenters. The van der Waals surface area contributed by atoms with Gasteiger partial charge in [0.25, 0.3) is 0 Å². The summed E-state index contributed by atoms with van der Waals surface area (Å²) in [6.07, 6.45) is 3.98. The van der Waals surface area contributed by atoms with Crippen LogP contribution in [-0.2, 0) is 6.54 Å². The molecular weight excluding hydrogens is 389 g/mol. The summed E-state index contributed by atoms with van der Waals surface area (Å²) < 4.78 is 2.15. The summed E-state index contributed by atoms with van der Waals surface area (Å²) in [6, 6.07) is 23.3. The van der Waals surface area contributed by atoms with Crippen molar-refractivity contribution in [1.29, 1.82) is 5.26 Å². The summed E-state index contributed by atoms with van der Waals surface area (Å²) in [5.41, 5.74) is 4.68. The molecule has 0 aliphatic heterocycles. The van der Waals surface area contributed by atoms with Crippen LogP contribution in [0.15, 0.2) is 66.7 Å². The molecule has 0 saturated carbocycles. The van der Waals surface area contributed by atoms with Crippen LogP contribution in [-0.4, -0.2) is 9.55 Å². The number of rotatable bonds is 4. The molecule has 0 amide bonds. The van der Waals surface area contributed by atoms with Crippen molar-refractivity contribution in [3.63, 3.8) is 0 Å². The van der Waals surface area contributed by atoms with Crippen LogP contribution in [0.3, 0.4) is 0 Å². The first-order valence-corrected chi connectivity index (χ1v) is 9.47. The Labute approximate surface area is 173 Å². The van der Waals surface area contributed by atoms with Crippen LogP contribution in [0, 0.1) is 11.3 Å². The number of para-hydroxylation sites is 2. The Morgan fingerprint density at radius 2 is 1.71 bits per heavy atom. The molecule has 0 spiro atoms. The lowest BCUT2D eigenvalue weighted by Gasteiger charge is -2.08. The first kappa shape index (κ1) is 18.3. The molecule has 0 fully saturated rings. The van der Waals surface area contributed by atoms with E-state index in [2.05, 4.69) is 16.7 Å². The van der Waals surface area contributed by atoms with Gasteiger partial charge in [0, 0.05) is 6.54 Å². The molecular formula is C23H15Cl2N3. The van der Waals surface area contributed by atoms with Crippen molar-refractivity contribution in [2.45, 2.75) is 6.54 Å². The third-order valence-electron chi connectivity index (χ3n) is 4.47. The second-order valence-corrected chi connectivity index (χ2v) is 7.17. The number of nitrogens with zero attached hydrogens (tertiary/aromatic N) is 3. The highest BCUT2D eigenvalue weighted by atomic mass is 35.5. The predicted octanol–water partition coefficient (Wildman–Crippen LogP) is 6.43. The van der Waals surface area contributed by atoms with Crippen LogP contribution in [0.2, 0.25) is 10.0 Å². The smallest absolute Gasteiger partial charge is 0.134 e. The molecule has 136 valence electrons. The highest BCUT2D eigenvalue weighted by molar-refractivity contribution is 6.42. The lowest BCUT2D eigenvalue weighted by atomic mass is 10.1. The third kappa shape index (κ3) is 3.80. The first-order valence-electron chi connectivity index (χ1n) is 8.71. The average Bonchev–Trinajstić information content (AvgIpc) is 3.07. The molecule has 0 aliphatic rings. The number of aromatic nitrogens is 2. The van der Waals surface area contributed by atoms with E-state index in [1.165, 1.54) is 0 Å². The molecule has 5 heteroatoms. The van der Waals surface area contributed by atoms with Crippen LogP contribution in [0.4, 0.5) is 0 Å². The van der Waals surface area contributed by atoms with Crippen molar-refractivity contribution in [2.75, 3.05) is 0 Å². The minimum Gasteiger partial charge on any atom is -0.320 e. The van der Waals surface area contributed by atoms with Crippen molar-refractivity contribution in [3.05, 3.63) is 99.3 Å². The van der Waals surface area contributed by atoms with E-state index in [9.17, 15) is 0 Å². The molecule has 0 saturated heterocycles. The van der Waals surface area contributed by atoms with Gasteiger partial charge in [-0.15, -0.1) is 0 Å². The summed E-state index contributed by atoms with van der Waals surface area (Å²) in [5.74, 6) is 0.844. The highest BCUT2D eigenvalue weighted by Crippen LogP contribution is 2.25. The maximum absolute atomic E-state index is 8.93. The average molecular weight is 404 g/mol. The normalized spacial score (nSPS) is 11.2. The maximum atomic E-state index is 8.93. The van der Waals surface area contributed by atoms with Gasteiger partial charge in [-0.25, -0.2) is 4.98 Å². The molecule has 1 aromatic heterocycles. The molecule has 3 nitrogen and oxygen atoms in total. The number of imidazole rings is 1. The molecule has 28 heavy (non-hydrogen) atoms. The molecule has 0 atom stereocenters. The molecule has 0 aliphatic carbocycles. The van der Waals surface area contributed by atoms with E-state index in [-0.39, 0.29) is 0 Å². The number of nitriles is 1. The quantitative estimate of drug-likeness (QED) is 0.393. The van der Waals surface area contributed by atoms with Gasteiger partial charge in [-0.2, -0.15) is 5.26 Å². The number of halogens is 2. The Morgan fingerprint density at radius 3 is 2.46 bits per heavy atom. The molecule has 3 aromatic carbocycles. The van der Waals surface area contributed by atoms with Gasteiger partial charge < -0.3 is 4.57 Å². The Balaban J connectivity index is 1.73. The SMILES string of the molecule is N#Cc1ccc(/C=C/c2nc3ccccc3n2Cc2ccc(Cl)c(Cl)c2)cc1. The van der Waals surface area contributed by atoms with Crippen LogP contribution in [0.25, 0.3) is 23.2 Å². The van der Waals surface area contributed by atoms with Gasteiger partial charge in [0.15, 0.2) is 0 Å². The van der Waals surface area contributed by atoms with Crippen LogP contribution < -0.4 is 0 Å². The fourth-order valence-electron chi connectivity index (χ4n) is 3.05. The lowest BCUT2D eigenvalue weighted by Crippen LogP contribution is -2.02. The van der Waals surface area contributed by atoms with Crippen LogP contribution in [0.5, 0.6) is 0 Å². The lowest BCUT2D eigenvalue weighted by molar-refractivity contribution is 0.814. The third-order valence-corrected chi connectivity index (χ3v) is 5.21. The number of fused-ring (bicyclic) bond motifs is 1. The van der Waals surface area contributed by atoms with Gasteiger partial charge in [-0.1, -0.05) is 59.6 Å². The second-order valence-electron chi connectivity index (χ2n) is 6.36. The number of hydrogen-bond donors (Lipinski definition) is 0. The molecule has 4 aromatic rings. The minimum absolute atomic E-state index is 0.540. The summed E-state index contributed by atoms with van der Waals surface area (Å²) in [7, 11) is 0. The number of benzene rings is 3. The Kier molecular flexibility index (Phi) is 5.16. The van der Waals surface area contributed by atoms with Gasteiger partial charge in [0.1, 0.15) is 5.82 Å².